The first kappa shape index (κ1) is 17.0. The summed E-state index contributed by atoms with van der Waals surface area (Å²) >= 11 is 0. The third-order valence-electron chi connectivity index (χ3n) is 3.12. The zero-order chi connectivity index (χ0) is 17.5. The van der Waals surface area contributed by atoms with E-state index in [4.69, 9.17) is 14.7 Å². The molecule has 0 N–H and O–H groups in total. The molecule has 0 saturated carbocycles. The number of carbonyl (C=O) groups is 2. The second-order valence-corrected chi connectivity index (χ2v) is 4.83. The first-order chi connectivity index (χ1) is 11.5. The standard InChI is InChI=1S/C18H15NO5/c1-12(23-15-7-3-13(11-19)4-8-15)17(20)24-16-9-5-14(6-10-16)18(21)22-2/h3-10,12H,1-2H3. The number of nitriles is 1. The highest BCUT2D eigenvalue weighted by Crippen LogP contribution is 2.16. The highest BCUT2D eigenvalue weighted by atomic mass is 16.6. The Morgan fingerprint density at radius 2 is 1.58 bits per heavy atom. The van der Waals surface area contributed by atoms with Gasteiger partial charge in [0.25, 0.3) is 0 Å². The molecule has 0 heterocycles. The maximum Gasteiger partial charge on any atom is 0.352 e. The van der Waals surface area contributed by atoms with Gasteiger partial charge in [-0.25, -0.2) is 9.59 Å². The average molecular weight is 325 g/mol. The van der Waals surface area contributed by atoms with Gasteiger partial charge in [-0.05, 0) is 55.5 Å². The lowest BCUT2D eigenvalue weighted by Gasteiger charge is -2.14. The molecule has 0 aliphatic rings. The van der Waals surface area contributed by atoms with Crippen molar-refractivity contribution in [2.75, 3.05) is 7.11 Å². The van der Waals surface area contributed by atoms with Gasteiger partial charge in [0.2, 0.25) is 0 Å². The van der Waals surface area contributed by atoms with Gasteiger partial charge in [0.1, 0.15) is 11.5 Å². The van der Waals surface area contributed by atoms with Crippen molar-refractivity contribution in [2.24, 2.45) is 0 Å². The molecule has 0 radical (unpaired) electrons. The zero-order valence-electron chi connectivity index (χ0n) is 13.2. The second kappa shape index (κ2) is 7.79. The van der Waals surface area contributed by atoms with Crippen LogP contribution in [-0.2, 0) is 9.53 Å². The summed E-state index contributed by atoms with van der Waals surface area (Å²) in [6.07, 6.45) is -0.835. The van der Waals surface area contributed by atoms with Crippen LogP contribution in [0.2, 0.25) is 0 Å². The summed E-state index contributed by atoms with van der Waals surface area (Å²) in [5.74, 6) is -0.294. The molecule has 0 amide bonds. The number of hydrogen-bond acceptors (Lipinski definition) is 6. The van der Waals surface area contributed by atoms with Crippen molar-refractivity contribution in [3.63, 3.8) is 0 Å². The molecule has 0 aromatic heterocycles. The molecule has 0 bridgehead atoms. The van der Waals surface area contributed by atoms with E-state index in [2.05, 4.69) is 4.74 Å². The second-order valence-electron chi connectivity index (χ2n) is 4.83. The van der Waals surface area contributed by atoms with Crippen LogP contribution < -0.4 is 9.47 Å². The van der Waals surface area contributed by atoms with E-state index in [0.717, 1.165) is 0 Å². The van der Waals surface area contributed by atoms with Crippen molar-refractivity contribution in [1.82, 2.24) is 0 Å². The van der Waals surface area contributed by atoms with Gasteiger partial charge in [-0.1, -0.05) is 0 Å². The molecular weight excluding hydrogens is 310 g/mol. The predicted octanol–water partition coefficient (Wildman–Crippen LogP) is 2.72. The molecule has 122 valence electrons. The monoisotopic (exact) mass is 325 g/mol. The highest BCUT2D eigenvalue weighted by Gasteiger charge is 2.17. The third kappa shape index (κ3) is 4.34. The molecule has 2 aromatic carbocycles. The summed E-state index contributed by atoms with van der Waals surface area (Å²) in [7, 11) is 1.29. The van der Waals surface area contributed by atoms with E-state index >= 15 is 0 Å². The van der Waals surface area contributed by atoms with E-state index in [9.17, 15) is 9.59 Å². The minimum absolute atomic E-state index is 0.294. The van der Waals surface area contributed by atoms with E-state index in [-0.39, 0.29) is 0 Å². The summed E-state index contributed by atoms with van der Waals surface area (Å²) in [4.78, 5) is 23.4. The Hall–Kier alpha value is -3.33. The average Bonchev–Trinajstić information content (AvgIpc) is 2.62. The number of hydrogen-bond donors (Lipinski definition) is 0. The van der Waals surface area contributed by atoms with Gasteiger partial charge in [0, 0.05) is 0 Å². The fraction of sp³-hybridized carbons (Fsp3) is 0.167. The normalized spacial score (nSPS) is 11.0. The Morgan fingerprint density at radius 1 is 1.00 bits per heavy atom. The maximum absolute atomic E-state index is 12.0. The molecule has 0 saturated heterocycles. The van der Waals surface area contributed by atoms with E-state index in [1.807, 2.05) is 6.07 Å². The van der Waals surface area contributed by atoms with Crippen LogP contribution in [0.4, 0.5) is 0 Å². The summed E-state index contributed by atoms with van der Waals surface area (Å²) in [5.41, 5.74) is 0.863. The van der Waals surface area contributed by atoms with Crippen LogP contribution in [-0.4, -0.2) is 25.2 Å². The number of nitrogens with zero attached hydrogens (tertiary/aromatic N) is 1. The van der Waals surface area contributed by atoms with Crippen molar-refractivity contribution in [3.8, 4) is 17.6 Å². The Bertz CT molecular complexity index is 759. The first-order valence-electron chi connectivity index (χ1n) is 7.10. The maximum atomic E-state index is 12.0. The molecule has 0 aliphatic carbocycles. The van der Waals surface area contributed by atoms with Crippen LogP contribution >= 0.6 is 0 Å². The first-order valence-corrected chi connectivity index (χ1v) is 7.10. The van der Waals surface area contributed by atoms with E-state index in [0.29, 0.717) is 22.6 Å². The van der Waals surface area contributed by atoms with Crippen molar-refractivity contribution in [1.29, 1.82) is 5.26 Å². The lowest BCUT2D eigenvalue weighted by atomic mass is 10.2. The molecule has 0 aliphatic heterocycles. The van der Waals surface area contributed by atoms with Gasteiger partial charge in [0.15, 0.2) is 6.10 Å². The summed E-state index contributed by atoms with van der Waals surface area (Å²) in [6, 6.07) is 14.4. The van der Waals surface area contributed by atoms with Gasteiger partial charge in [-0.15, -0.1) is 0 Å². The van der Waals surface area contributed by atoms with Gasteiger partial charge in [-0.2, -0.15) is 5.26 Å². The number of methoxy groups -OCH3 is 1. The quantitative estimate of drug-likeness (QED) is 0.620. The van der Waals surface area contributed by atoms with Crippen molar-refractivity contribution >= 4 is 11.9 Å². The summed E-state index contributed by atoms with van der Waals surface area (Å²) in [5, 5.41) is 8.74. The zero-order valence-corrected chi connectivity index (χ0v) is 13.2. The molecule has 2 aromatic rings. The third-order valence-corrected chi connectivity index (χ3v) is 3.12. The van der Waals surface area contributed by atoms with Gasteiger partial charge < -0.3 is 14.2 Å². The van der Waals surface area contributed by atoms with E-state index in [1.54, 1.807) is 31.2 Å². The number of esters is 2. The highest BCUT2D eigenvalue weighted by molar-refractivity contribution is 5.89. The molecule has 1 atom stereocenters. The molecule has 0 fully saturated rings. The molecule has 0 spiro atoms. The molecule has 6 nitrogen and oxygen atoms in total. The minimum atomic E-state index is -0.835. The van der Waals surface area contributed by atoms with Crippen molar-refractivity contribution in [3.05, 3.63) is 59.7 Å². The van der Waals surface area contributed by atoms with Crippen LogP contribution in [0.5, 0.6) is 11.5 Å². The fourth-order valence-corrected chi connectivity index (χ4v) is 1.84. The van der Waals surface area contributed by atoms with Crippen LogP contribution in [0, 0.1) is 11.3 Å². The van der Waals surface area contributed by atoms with E-state index in [1.165, 1.54) is 31.4 Å². The number of ether oxygens (including phenoxy) is 3. The number of benzene rings is 2. The predicted molar refractivity (Wildman–Crippen MR) is 84.7 cm³/mol. The molecule has 24 heavy (non-hydrogen) atoms. The fourth-order valence-electron chi connectivity index (χ4n) is 1.84. The molecule has 6 heteroatoms. The Kier molecular flexibility index (Phi) is 5.53. The van der Waals surface area contributed by atoms with E-state index < -0.39 is 18.0 Å². The number of rotatable bonds is 5. The van der Waals surface area contributed by atoms with Gasteiger partial charge in [0.05, 0.1) is 24.3 Å². The van der Waals surface area contributed by atoms with Gasteiger partial charge in [-0.3, -0.25) is 0 Å². The summed E-state index contributed by atoms with van der Waals surface area (Å²) in [6.45, 7) is 1.56. The topological polar surface area (TPSA) is 85.6 Å². The SMILES string of the molecule is COC(=O)c1ccc(OC(=O)C(C)Oc2ccc(C#N)cc2)cc1. The van der Waals surface area contributed by atoms with Crippen LogP contribution in [0.25, 0.3) is 0 Å². The summed E-state index contributed by atoms with van der Waals surface area (Å²) < 4.78 is 15.3. The molecule has 2 rings (SSSR count). The Labute approximate surface area is 139 Å². The largest absolute Gasteiger partial charge is 0.479 e. The van der Waals surface area contributed by atoms with Crippen molar-refractivity contribution in [2.45, 2.75) is 13.0 Å². The van der Waals surface area contributed by atoms with Crippen LogP contribution in [0.3, 0.4) is 0 Å². The number of carbonyl (C=O) groups excluding carboxylic acids is 2. The molecule has 1 unspecified atom stereocenters. The Balaban J connectivity index is 1.95. The molecular formula is C18H15NO5. The van der Waals surface area contributed by atoms with Crippen LogP contribution in [0.15, 0.2) is 48.5 Å². The lowest BCUT2D eigenvalue weighted by Crippen LogP contribution is -2.28. The van der Waals surface area contributed by atoms with Gasteiger partial charge >= 0.3 is 11.9 Å². The lowest BCUT2D eigenvalue weighted by molar-refractivity contribution is -0.141. The smallest absolute Gasteiger partial charge is 0.352 e. The minimum Gasteiger partial charge on any atom is -0.479 e. The Morgan fingerprint density at radius 3 is 2.12 bits per heavy atom. The van der Waals surface area contributed by atoms with Crippen molar-refractivity contribution < 1.29 is 23.8 Å². The van der Waals surface area contributed by atoms with Crippen LogP contribution in [0.1, 0.15) is 22.8 Å².